The smallest absolute Gasteiger partial charge is 0.325 e. The number of para-hydroxylation sites is 1. The molecule has 0 saturated carbocycles. The molecule has 1 aromatic heterocycles. The molecule has 2 aliphatic heterocycles. The quantitative estimate of drug-likeness (QED) is 0.880. The molecule has 0 radical (unpaired) electrons. The molecule has 2 aromatic rings. The maximum absolute atomic E-state index is 12.9. The van der Waals surface area contributed by atoms with Crippen molar-refractivity contribution in [1.29, 1.82) is 0 Å². The number of benzene rings is 1. The first-order valence-electron chi connectivity index (χ1n) is 8.33. The van der Waals surface area contributed by atoms with Crippen LogP contribution in [0.2, 0.25) is 0 Å². The number of urea groups is 1. The highest BCUT2D eigenvalue weighted by atomic mass is 16.5. The molecule has 3 amide bonds. The van der Waals surface area contributed by atoms with Gasteiger partial charge in [0.1, 0.15) is 11.3 Å². The normalized spacial score (nSPS) is 27.7. The molecule has 24 heavy (non-hydrogen) atoms. The summed E-state index contributed by atoms with van der Waals surface area (Å²) in [5, 5.41) is 3.69. The van der Waals surface area contributed by atoms with Gasteiger partial charge >= 0.3 is 6.03 Å². The van der Waals surface area contributed by atoms with Crippen LogP contribution in [0, 0.1) is 0 Å². The molecular weight excluding hydrogens is 308 g/mol. The van der Waals surface area contributed by atoms with Crippen LogP contribution >= 0.6 is 0 Å². The molecule has 0 bridgehead atoms. The van der Waals surface area contributed by atoms with Crippen molar-refractivity contribution in [3.8, 4) is 0 Å². The molecule has 6 nitrogen and oxygen atoms in total. The van der Waals surface area contributed by atoms with E-state index in [0.717, 1.165) is 24.6 Å². The number of hydrogen-bond donors (Lipinski definition) is 1. The summed E-state index contributed by atoms with van der Waals surface area (Å²) in [6, 6.07) is 8.97. The number of nitrogens with zero attached hydrogens (tertiary/aromatic N) is 1. The Morgan fingerprint density at radius 3 is 2.88 bits per heavy atom. The van der Waals surface area contributed by atoms with E-state index in [2.05, 4.69) is 5.32 Å². The van der Waals surface area contributed by atoms with Gasteiger partial charge in [0.15, 0.2) is 5.54 Å². The van der Waals surface area contributed by atoms with E-state index in [1.807, 2.05) is 30.3 Å². The molecule has 2 saturated heterocycles. The fourth-order valence-electron chi connectivity index (χ4n) is 3.41. The molecule has 3 heterocycles. The molecule has 2 aliphatic rings. The predicted molar refractivity (Wildman–Crippen MR) is 87.4 cm³/mol. The van der Waals surface area contributed by atoms with E-state index in [-0.39, 0.29) is 12.0 Å². The third kappa shape index (κ3) is 2.38. The Morgan fingerprint density at radius 1 is 1.29 bits per heavy atom. The largest absolute Gasteiger partial charge is 0.458 e. The van der Waals surface area contributed by atoms with Crippen molar-refractivity contribution in [2.24, 2.45) is 0 Å². The summed E-state index contributed by atoms with van der Waals surface area (Å²) in [4.78, 5) is 26.5. The van der Waals surface area contributed by atoms with E-state index >= 15 is 0 Å². The molecule has 6 heteroatoms. The second-order valence-electron chi connectivity index (χ2n) is 6.61. The highest BCUT2D eigenvalue weighted by Gasteiger charge is 2.51. The van der Waals surface area contributed by atoms with Crippen molar-refractivity contribution in [2.45, 2.75) is 37.8 Å². The Hall–Kier alpha value is -2.34. The molecule has 126 valence electrons. The Bertz CT molecular complexity index is 760. The standard InChI is InChI=1S/C18H20N2O4/c1-18(15-10-12-6-2-3-8-14(12)24-15)16(21)20(17(22)19-18)11-13-7-4-5-9-23-13/h2-3,6,8,10,13H,4-5,7,9,11H2,1H3,(H,19,22). The molecule has 4 rings (SSSR count). The van der Waals surface area contributed by atoms with Crippen LogP contribution in [0.1, 0.15) is 31.9 Å². The van der Waals surface area contributed by atoms with Gasteiger partial charge in [-0.15, -0.1) is 0 Å². The first-order chi connectivity index (χ1) is 11.6. The SMILES string of the molecule is CC1(c2cc3ccccc3o2)NC(=O)N(CC2CCCCO2)C1=O. The first-order valence-corrected chi connectivity index (χ1v) is 8.33. The van der Waals surface area contributed by atoms with Gasteiger partial charge in [-0.3, -0.25) is 9.69 Å². The average Bonchev–Trinajstić information content (AvgIpc) is 3.12. The number of carbonyl (C=O) groups excluding carboxylic acids is 2. The second-order valence-corrected chi connectivity index (χ2v) is 6.61. The van der Waals surface area contributed by atoms with Gasteiger partial charge < -0.3 is 14.5 Å². The van der Waals surface area contributed by atoms with Crippen LogP contribution in [-0.4, -0.2) is 36.1 Å². The van der Waals surface area contributed by atoms with Crippen molar-refractivity contribution in [3.63, 3.8) is 0 Å². The lowest BCUT2D eigenvalue weighted by Crippen LogP contribution is -2.42. The van der Waals surface area contributed by atoms with Crippen molar-refractivity contribution in [3.05, 3.63) is 36.1 Å². The molecule has 2 unspecified atom stereocenters. The lowest BCUT2D eigenvalue weighted by Gasteiger charge is -2.26. The van der Waals surface area contributed by atoms with Gasteiger partial charge in [0.2, 0.25) is 0 Å². The predicted octanol–water partition coefficient (Wildman–Crippen LogP) is 2.77. The summed E-state index contributed by atoms with van der Waals surface area (Å²) < 4.78 is 11.5. The van der Waals surface area contributed by atoms with E-state index in [9.17, 15) is 9.59 Å². The van der Waals surface area contributed by atoms with E-state index in [0.29, 0.717) is 24.5 Å². The minimum absolute atomic E-state index is 0.0773. The Balaban J connectivity index is 1.61. The fourth-order valence-corrected chi connectivity index (χ4v) is 3.41. The number of carbonyl (C=O) groups is 2. The third-order valence-corrected chi connectivity index (χ3v) is 4.85. The van der Waals surface area contributed by atoms with Gasteiger partial charge in [-0.25, -0.2) is 4.79 Å². The molecule has 2 fully saturated rings. The lowest BCUT2D eigenvalue weighted by atomic mass is 9.98. The van der Waals surface area contributed by atoms with Crippen LogP contribution in [0.4, 0.5) is 4.79 Å². The van der Waals surface area contributed by atoms with Gasteiger partial charge in [-0.05, 0) is 38.3 Å². The van der Waals surface area contributed by atoms with Crippen LogP contribution in [0.3, 0.4) is 0 Å². The van der Waals surface area contributed by atoms with Crippen molar-refractivity contribution < 1.29 is 18.7 Å². The van der Waals surface area contributed by atoms with Gasteiger partial charge in [0.05, 0.1) is 12.6 Å². The number of furan rings is 1. The molecule has 0 aliphatic carbocycles. The topological polar surface area (TPSA) is 71.8 Å². The van der Waals surface area contributed by atoms with Crippen molar-refractivity contribution in [1.82, 2.24) is 10.2 Å². The monoisotopic (exact) mass is 328 g/mol. The summed E-state index contributed by atoms with van der Waals surface area (Å²) >= 11 is 0. The minimum atomic E-state index is -1.18. The third-order valence-electron chi connectivity index (χ3n) is 4.85. The van der Waals surface area contributed by atoms with Crippen LogP contribution in [-0.2, 0) is 15.1 Å². The Kier molecular flexibility index (Phi) is 3.57. The van der Waals surface area contributed by atoms with Crippen LogP contribution in [0.25, 0.3) is 11.0 Å². The number of imide groups is 1. The highest BCUT2D eigenvalue weighted by molar-refractivity contribution is 6.07. The zero-order valence-electron chi connectivity index (χ0n) is 13.6. The summed E-state index contributed by atoms with van der Waals surface area (Å²) in [5.74, 6) is 0.162. The molecule has 1 aromatic carbocycles. The number of fused-ring (bicyclic) bond motifs is 1. The van der Waals surface area contributed by atoms with Crippen molar-refractivity contribution in [2.75, 3.05) is 13.2 Å². The number of ether oxygens (including phenoxy) is 1. The Labute approximate surface area is 139 Å². The van der Waals surface area contributed by atoms with E-state index in [1.165, 1.54) is 4.90 Å². The molecule has 0 spiro atoms. The van der Waals surface area contributed by atoms with Crippen molar-refractivity contribution >= 4 is 22.9 Å². The van der Waals surface area contributed by atoms with Crippen LogP contribution in [0.15, 0.2) is 34.7 Å². The zero-order valence-corrected chi connectivity index (χ0v) is 13.6. The number of nitrogens with one attached hydrogen (secondary N) is 1. The van der Waals surface area contributed by atoms with E-state index < -0.39 is 11.6 Å². The van der Waals surface area contributed by atoms with E-state index in [4.69, 9.17) is 9.15 Å². The minimum Gasteiger partial charge on any atom is -0.458 e. The zero-order chi connectivity index (χ0) is 16.7. The maximum Gasteiger partial charge on any atom is 0.325 e. The van der Waals surface area contributed by atoms with E-state index in [1.54, 1.807) is 6.92 Å². The Morgan fingerprint density at radius 2 is 2.12 bits per heavy atom. The maximum atomic E-state index is 12.9. The average molecular weight is 328 g/mol. The second kappa shape index (κ2) is 5.63. The fraction of sp³-hybridized carbons (Fsp3) is 0.444. The van der Waals surface area contributed by atoms with Gasteiger partial charge in [-0.2, -0.15) is 0 Å². The highest BCUT2D eigenvalue weighted by Crippen LogP contribution is 2.33. The summed E-state index contributed by atoms with van der Waals surface area (Å²) in [6.07, 6.45) is 2.90. The molecule has 2 atom stereocenters. The number of amides is 3. The summed E-state index contributed by atoms with van der Waals surface area (Å²) in [7, 11) is 0. The lowest BCUT2D eigenvalue weighted by molar-refractivity contribution is -0.133. The molecule has 1 N–H and O–H groups in total. The first kappa shape index (κ1) is 15.2. The van der Waals surface area contributed by atoms with Gasteiger partial charge in [0.25, 0.3) is 5.91 Å². The van der Waals surface area contributed by atoms with Crippen LogP contribution in [0.5, 0.6) is 0 Å². The van der Waals surface area contributed by atoms with Gasteiger partial charge in [0, 0.05) is 12.0 Å². The summed E-state index contributed by atoms with van der Waals surface area (Å²) in [6.45, 7) is 2.67. The van der Waals surface area contributed by atoms with Gasteiger partial charge in [-0.1, -0.05) is 18.2 Å². The van der Waals surface area contributed by atoms with Crippen LogP contribution < -0.4 is 5.32 Å². The number of rotatable bonds is 3. The molecular formula is C18H20N2O4. The summed E-state index contributed by atoms with van der Waals surface area (Å²) in [5.41, 5.74) is -0.477. The number of hydrogen-bond acceptors (Lipinski definition) is 4.